The van der Waals surface area contributed by atoms with E-state index in [0.29, 0.717) is 24.8 Å². The Bertz CT molecular complexity index is 732. The largest absolute Gasteiger partial charge is 0.507 e. The number of aryl methyl sites for hydroxylation is 1. The van der Waals surface area contributed by atoms with E-state index in [2.05, 4.69) is 5.10 Å². The smallest absolute Gasteiger partial charge is 0.439 e. The zero-order chi connectivity index (χ0) is 18.4. The van der Waals surface area contributed by atoms with Gasteiger partial charge in [0.15, 0.2) is 0 Å². The van der Waals surface area contributed by atoms with E-state index in [-0.39, 0.29) is 22.7 Å². The summed E-state index contributed by atoms with van der Waals surface area (Å²) in [6.07, 6.45) is -2.69. The molecule has 3 rings (SSSR count). The number of alkyl halides is 3. The number of phenolic OH excluding ortho intramolecular Hbond substituents is 1. The summed E-state index contributed by atoms with van der Waals surface area (Å²) >= 11 is 0. The maximum Gasteiger partial charge on any atom is 0.439 e. The Labute approximate surface area is 142 Å². The molecule has 2 atom stereocenters. The van der Waals surface area contributed by atoms with E-state index in [9.17, 15) is 28.2 Å². The quantitative estimate of drug-likeness (QED) is 0.811. The van der Waals surface area contributed by atoms with Crippen LogP contribution in [-0.2, 0) is 0 Å². The number of fused-ring (bicyclic) bond motifs is 1. The number of para-hydroxylation sites is 1. The molecule has 0 unspecified atom stereocenters. The Morgan fingerprint density at radius 2 is 2.04 bits per heavy atom. The lowest BCUT2D eigenvalue weighted by molar-refractivity contribution is -0.312. The molecule has 8 heteroatoms. The first-order valence-corrected chi connectivity index (χ1v) is 8.17. The molecule has 136 valence electrons. The molecule has 1 saturated carbocycles. The molecule has 0 saturated heterocycles. The molecule has 1 aromatic carbocycles. The monoisotopic (exact) mass is 356 g/mol. The average molecular weight is 356 g/mol. The minimum absolute atomic E-state index is 0.110. The van der Waals surface area contributed by atoms with Crippen molar-refractivity contribution in [3.05, 3.63) is 29.3 Å². The fraction of sp³-hybridized carbons (Fsp3) is 0.529. The van der Waals surface area contributed by atoms with Gasteiger partial charge in [0.2, 0.25) is 0 Å². The van der Waals surface area contributed by atoms with Crippen molar-refractivity contribution < 1.29 is 28.2 Å². The summed E-state index contributed by atoms with van der Waals surface area (Å²) in [4.78, 5) is 12.7. The molecule has 1 amide bonds. The summed E-state index contributed by atoms with van der Waals surface area (Å²) in [6, 6.07) is 4.20. The number of hydrogen-bond acceptors (Lipinski definition) is 4. The molecule has 0 radical (unpaired) electrons. The predicted octanol–water partition coefficient (Wildman–Crippen LogP) is 3.34. The first-order chi connectivity index (χ1) is 11.7. The van der Waals surface area contributed by atoms with E-state index in [1.807, 2.05) is 0 Å². The number of benzene rings is 1. The summed E-state index contributed by atoms with van der Waals surface area (Å²) in [6.45, 7) is 1.53. The molecule has 1 aliphatic heterocycles. The van der Waals surface area contributed by atoms with Gasteiger partial charge in [-0.15, -0.1) is 0 Å². The van der Waals surface area contributed by atoms with E-state index in [1.165, 1.54) is 25.1 Å². The molecule has 1 heterocycles. The molecular weight excluding hydrogens is 337 g/mol. The van der Waals surface area contributed by atoms with Crippen molar-refractivity contribution in [1.82, 2.24) is 5.01 Å². The zero-order valence-electron chi connectivity index (χ0n) is 13.7. The normalized spacial score (nSPS) is 26.8. The van der Waals surface area contributed by atoms with Crippen LogP contribution in [0.3, 0.4) is 0 Å². The Balaban J connectivity index is 2.09. The molecule has 0 aromatic heterocycles. The number of nitrogens with zero attached hydrogens (tertiary/aromatic N) is 2. The predicted molar refractivity (Wildman–Crippen MR) is 84.0 cm³/mol. The van der Waals surface area contributed by atoms with Gasteiger partial charge in [0.25, 0.3) is 11.6 Å². The SMILES string of the molecule is Cc1cccc(C(=O)N2N=C3CCCCC[C@H]3[C@]2(O)C(F)(F)F)c1O. The van der Waals surface area contributed by atoms with Gasteiger partial charge in [-0.3, -0.25) is 4.79 Å². The van der Waals surface area contributed by atoms with E-state index in [0.717, 1.165) is 6.42 Å². The lowest BCUT2D eigenvalue weighted by atomic mass is 9.87. The molecule has 1 aromatic rings. The lowest BCUT2D eigenvalue weighted by Crippen LogP contribution is -2.61. The molecule has 0 bridgehead atoms. The third kappa shape index (κ3) is 2.68. The molecule has 5 nitrogen and oxygen atoms in total. The number of aromatic hydroxyl groups is 1. The number of carbonyl (C=O) groups excluding carboxylic acids is 1. The van der Waals surface area contributed by atoms with Crippen LogP contribution in [0.2, 0.25) is 0 Å². The second-order valence-electron chi connectivity index (χ2n) is 6.56. The Morgan fingerprint density at radius 1 is 1.32 bits per heavy atom. The molecule has 1 aliphatic carbocycles. The lowest BCUT2D eigenvalue weighted by Gasteiger charge is -2.37. The van der Waals surface area contributed by atoms with Crippen LogP contribution in [0.25, 0.3) is 0 Å². The zero-order valence-corrected chi connectivity index (χ0v) is 13.7. The molecule has 1 fully saturated rings. The number of hydrogen-bond donors (Lipinski definition) is 2. The van der Waals surface area contributed by atoms with Crippen molar-refractivity contribution in [1.29, 1.82) is 0 Å². The standard InChI is InChI=1S/C17H19F3N2O3/c1-10-6-5-7-11(14(10)23)15(24)22-16(25,17(18,19)20)12-8-3-2-4-9-13(12)21-22/h5-7,12,23,25H,2-4,8-9H2,1H3/t12-,16+/m1/s1. The van der Waals surface area contributed by atoms with Gasteiger partial charge < -0.3 is 10.2 Å². The van der Waals surface area contributed by atoms with Crippen LogP contribution in [0, 0.1) is 12.8 Å². The average Bonchev–Trinajstić information content (AvgIpc) is 2.70. The van der Waals surface area contributed by atoms with Gasteiger partial charge in [-0.05, 0) is 37.8 Å². The van der Waals surface area contributed by atoms with Crippen molar-refractivity contribution in [2.75, 3.05) is 0 Å². The van der Waals surface area contributed by atoms with Crippen molar-refractivity contribution in [2.45, 2.75) is 50.9 Å². The van der Waals surface area contributed by atoms with Gasteiger partial charge in [0, 0.05) is 5.71 Å². The summed E-state index contributed by atoms with van der Waals surface area (Å²) in [5.41, 5.74) is -3.16. The second kappa shape index (κ2) is 6.01. The Kier molecular flexibility index (Phi) is 4.26. The number of carbonyl (C=O) groups is 1. The van der Waals surface area contributed by atoms with Gasteiger partial charge in [0.05, 0.1) is 11.5 Å². The van der Waals surface area contributed by atoms with Crippen molar-refractivity contribution in [2.24, 2.45) is 11.0 Å². The van der Waals surface area contributed by atoms with Crippen LogP contribution < -0.4 is 0 Å². The molecule has 2 N–H and O–H groups in total. The van der Waals surface area contributed by atoms with Gasteiger partial charge in [-0.25, -0.2) is 0 Å². The highest BCUT2D eigenvalue weighted by molar-refractivity contribution is 6.01. The fourth-order valence-corrected chi connectivity index (χ4v) is 3.54. The van der Waals surface area contributed by atoms with Gasteiger partial charge in [-0.2, -0.15) is 23.3 Å². The molecular formula is C17H19F3N2O3. The highest BCUT2D eigenvalue weighted by Crippen LogP contribution is 2.48. The van der Waals surface area contributed by atoms with Crippen molar-refractivity contribution in [3.63, 3.8) is 0 Å². The Morgan fingerprint density at radius 3 is 2.72 bits per heavy atom. The Hall–Kier alpha value is -2.09. The minimum Gasteiger partial charge on any atom is -0.507 e. The summed E-state index contributed by atoms with van der Waals surface area (Å²) in [5.74, 6) is -2.85. The number of phenols is 1. The second-order valence-corrected chi connectivity index (χ2v) is 6.56. The van der Waals surface area contributed by atoms with Crippen LogP contribution >= 0.6 is 0 Å². The van der Waals surface area contributed by atoms with Crippen molar-refractivity contribution in [3.8, 4) is 5.75 Å². The summed E-state index contributed by atoms with van der Waals surface area (Å²) < 4.78 is 41.3. The number of halogens is 3. The minimum atomic E-state index is -5.07. The third-order valence-corrected chi connectivity index (χ3v) is 4.94. The highest BCUT2D eigenvalue weighted by Gasteiger charge is 2.68. The van der Waals surface area contributed by atoms with Crippen molar-refractivity contribution >= 4 is 11.6 Å². The van der Waals surface area contributed by atoms with Crippen LogP contribution in [0.5, 0.6) is 5.75 Å². The van der Waals surface area contributed by atoms with E-state index in [4.69, 9.17) is 0 Å². The van der Waals surface area contributed by atoms with Gasteiger partial charge >= 0.3 is 6.18 Å². The number of rotatable bonds is 1. The fourth-order valence-electron chi connectivity index (χ4n) is 3.54. The highest BCUT2D eigenvalue weighted by atomic mass is 19.4. The number of aliphatic hydroxyl groups is 1. The maximum absolute atomic E-state index is 13.8. The van der Waals surface area contributed by atoms with Crippen LogP contribution in [-0.4, -0.2) is 38.7 Å². The number of amides is 1. The first-order valence-electron chi connectivity index (χ1n) is 8.17. The van der Waals surface area contributed by atoms with E-state index < -0.39 is 29.5 Å². The van der Waals surface area contributed by atoms with E-state index in [1.54, 1.807) is 0 Å². The summed E-state index contributed by atoms with van der Waals surface area (Å²) in [7, 11) is 0. The molecule has 25 heavy (non-hydrogen) atoms. The maximum atomic E-state index is 13.8. The van der Waals surface area contributed by atoms with E-state index >= 15 is 0 Å². The first kappa shape index (κ1) is 17.7. The van der Waals surface area contributed by atoms with Gasteiger partial charge in [-0.1, -0.05) is 25.0 Å². The molecule has 0 spiro atoms. The summed E-state index contributed by atoms with van der Waals surface area (Å²) in [5, 5.41) is 24.6. The topological polar surface area (TPSA) is 73.1 Å². The third-order valence-electron chi connectivity index (χ3n) is 4.94. The number of hydrazone groups is 1. The van der Waals surface area contributed by atoms with Crippen LogP contribution in [0.4, 0.5) is 13.2 Å². The van der Waals surface area contributed by atoms with Crippen LogP contribution in [0.1, 0.15) is 48.0 Å². The van der Waals surface area contributed by atoms with Crippen LogP contribution in [0.15, 0.2) is 23.3 Å². The van der Waals surface area contributed by atoms with Gasteiger partial charge in [0.1, 0.15) is 5.75 Å². The molecule has 2 aliphatic rings.